The van der Waals surface area contributed by atoms with E-state index in [1.165, 1.54) is 6.07 Å². The van der Waals surface area contributed by atoms with E-state index in [9.17, 15) is 4.39 Å². The van der Waals surface area contributed by atoms with Crippen molar-refractivity contribution in [3.05, 3.63) is 46.8 Å². The van der Waals surface area contributed by atoms with Crippen LogP contribution in [0.3, 0.4) is 0 Å². The van der Waals surface area contributed by atoms with Crippen LogP contribution in [0.5, 0.6) is 0 Å². The lowest BCUT2D eigenvalue weighted by Crippen LogP contribution is -2.04. The number of halogens is 2. The summed E-state index contributed by atoms with van der Waals surface area (Å²) in [6.07, 6.45) is 1.55. The smallest absolute Gasteiger partial charge is 0.164 e. The minimum absolute atomic E-state index is 0.118. The Morgan fingerprint density at radius 3 is 2.94 bits per heavy atom. The van der Waals surface area contributed by atoms with Crippen molar-refractivity contribution < 1.29 is 4.39 Å². The van der Waals surface area contributed by atoms with Crippen LogP contribution < -0.4 is 5.73 Å². The third-order valence-corrected chi connectivity index (χ3v) is 2.55. The van der Waals surface area contributed by atoms with Gasteiger partial charge in [-0.1, -0.05) is 23.7 Å². The summed E-state index contributed by atoms with van der Waals surface area (Å²) in [7, 11) is 0. The zero-order valence-electron chi connectivity index (χ0n) is 8.40. The van der Waals surface area contributed by atoms with Gasteiger partial charge in [-0.15, -0.1) is 0 Å². The van der Waals surface area contributed by atoms with Crippen molar-refractivity contribution in [2.24, 2.45) is 5.73 Å². The van der Waals surface area contributed by atoms with Crippen molar-refractivity contribution in [2.45, 2.75) is 13.1 Å². The summed E-state index contributed by atoms with van der Waals surface area (Å²) < 4.78 is 14.7. The average Bonchev–Trinajstić information content (AvgIpc) is 2.73. The maximum atomic E-state index is 13.2. The predicted molar refractivity (Wildman–Crippen MR) is 58.4 cm³/mol. The number of hydrogen-bond donors (Lipinski definition) is 1. The highest BCUT2D eigenvalue weighted by Crippen LogP contribution is 2.20. The van der Waals surface area contributed by atoms with Crippen LogP contribution in [0.2, 0.25) is 5.02 Å². The van der Waals surface area contributed by atoms with Crippen LogP contribution >= 0.6 is 11.6 Å². The van der Waals surface area contributed by atoms with Gasteiger partial charge in [-0.2, -0.15) is 5.10 Å². The Morgan fingerprint density at radius 1 is 1.44 bits per heavy atom. The predicted octanol–water partition coefficient (Wildman–Crippen LogP) is 1.58. The van der Waals surface area contributed by atoms with Crippen molar-refractivity contribution in [3.63, 3.8) is 0 Å². The summed E-state index contributed by atoms with van der Waals surface area (Å²) in [5, 5.41) is 4.21. The molecule has 4 nitrogen and oxygen atoms in total. The Balaban J connectivity index is 2.23. The van der Waals surface area contributed by atoms with Crippen molar-refractivity contribution >= 4 is 11.6 Å². The highest BCUT2D eigenvalue weighted by Gasteiger charge is 2.07. The molecule has 2 rings (SSSR count). The SMILES string of the molecule is NCc1ncn(Cc2cccc(F)c2Cl)n1. The van der Waals surface area contributed by atoms with E-state index >= 15 is 0 Å². The quantitative estimate of drug-likeness (QED) is 0.886. The molecule has 0 saturated carbocycles. The van der Waals surface area contributed by atoms with Gasteiger partial charge in [0.1, 0.15) is 12.1 Å². The molecule has 1 aromatic carbocycles. The fourth-order valence-electron chi connectivity index (χ4n) is 1.35. The Labute approximate surface area is 96.9 Å². The molecule has 0 atom stereocenters. The Hall–Kier alpha value is -1.46. The second kappa shape index (κ2) is 4.59. The molecule has 0 aliphatic rings. The van der Waals surface area contributed by atoms with Gasteiger partial charge in [-0.25, -0.2) is 14.1 Å². The normalized spacial score (nSPS) is 10.7. The van der Waals surface area contributed by atoms with Crippen LogP contribution in [-0.4, -0.2) is 14.8 Å². The molecule has 0 spiro atoms. The van der Waals surface area contributed by atoms with Crippen LogP contribution in [0.4, 0.5) is 4.39 Å². The molecule has 0 aliphatic heterocycles. The molecule has 0 amide bonds. The first-order chi connectivity index (χ1) is 7.70. The molecule has 0 fully saturated rings. The van der Waals surface area contributed by atoms with Crippen LogP contribution in [0.25, 0.3) is 0 Å². The molecular weight excluding hydrogens is 231 g/mol. The summed E-state index contributed by atoms with van der Waals surface area (Å²) in [6.45, 7) is 0.660. The van der Waals surface area contributed by atoms with Crippen molar-refractivity contribution in [3.8, 4) is 0 Å². The lowest BCUT2D eigenvalue weighted by atomic mass is 10.2. The van der Waals surface area contributed by atoms with Gasteiger partial charge in [0.15, 0.2) is 5.82 Å². The molecule has 2 N–H and O–H groups in total. The molecule has 1 aromatic heterocycles. The number of nitrogens with two attached hydrogens (primary N) is 1. The zero-order chi connectivity index (χ0) is 11.5. The van der Waals surface area contributed by atoms with E-state index in [1.807, 2.05) is 0 Å². The molecule has 16 heavy (non-hydrogen) atoms. The number of nitrogens with zero attached hydrogens (tertiary/aromatic N) is 3. The first kappa shape index (κ1) is 11.0. The van der Waals surface area contributed by atoms with E-state index in [0.29, 0.717) is 17.9 Å². The van der Waals surface area contributed by atoms with Crippen LogP contribution in [0.1, 0.15) is 11.4 Å². The maximum Gasteiger partial charge on any atom is 0.164 e. The fourth-order valence-corrected chi connectivity index (χ4v) is 1.53. The summed E-state index contributed by atoms with van der Waals surface area (Å²) in [6, 6.07) is 4.67. The fraction of sp³-hybridized carbons (Fsp3) is 0.200. The largest absolute Gasteiger partial charge is 0.324 e. The van der Waals surface area contributed by atoms with Gasteiger partial charge >= 0.3 is 0 Å². The molecule has 6 heteroatoms. The summed E-state index contributed by atoms with van der Waals surface area (Å²) in [4.78, 5) is 3.97. The highest BCUT2D eigenvalue weighted by molar-refractivity contribution is 6.31. The van der Waals surface area contributed by atoms with Crippen LogP contribution in [-0.2, 0) is 13.1 Å². The van der Waals surface area contributed by atoms with Gasteiger partial charge in [-0.05, 0) is 11.6 Å². The van der Waals surface area contributed by atoms with Crippen molar-refractivity contribution in [1.29, 1.82) is 0 Å². The van der Waals surface area contributed by atoms with E-state index < -0.39 is 5.82 Å². The van der Waals surface area contributed by atoms with E-state index in [0.717, 1.165) is 0 Å². The van der Waals surface area contributed by atoms with Crippen LogP contribution in [0.15, 0.2) is 24.5 Å². The second-order valence-electron chi connectivity index (χ2n) is 3.28. The van der Waals surface area contributed by atoms with E-state index in [4.69, 9.17) is 17.3 Å². The lowest BCUT2D eigenvalue weighted by Gasteiger charge is -2.04. The molecule has 0 saturated heterocycles. The average molecular weight is 241 g/mol. The molecule has 1 heterocycles. The molecule has 0 aliphatic carbocycles. The van der Waals surface area contributed by atoms with E-state index in [2.05, 4.69) is 10.1 Å². The van der Waals surface area contributed by atoms with Gasteiger partial charge < -0.3 is 5.73 Å². The van der Waals surface area contributed by atoms with Gasteiger partial charge in [0, 0.05) is 0 Å². The lowest BCUT2D eigenvalue weighted by molar-refractivity contribution is 0.618. The summed E-state index contributed by atoms with van der Waals surface area (Å²) in [5.41, 5.74) is 6.05. The third kappa shape index (κ3) is 2.20. The molecule has 84 valence electrons. The third-order valence-electron chi connectivity index (χ3n) is 2.13. The van der Waals surface area contributed by atoms with E-state index in [-0.39, 0.29) is 11.6 Å². The van der Waals surface area contributed by atoms with Gasteiger partial charge in [0.2, 0.25) is 0 Å². The minimum Gasteiger partial charge on any atom is -0.324 e. The number of rotatable bonds is 3. The molecule has 0 unspecified atom stereocenters. The number of hydrogen-bond acceptors (Lipinski definition) is 3. The Kier molecular flexibility index (Phi) is 3.17. The molecule has 0 radical (unpaired) electrons. The first-order valence-electron chi connectivity index (χ1n) is 4.72. The van der Waals surface area contributed by atoms with Crippen LogP contribution in [0, 0.1) is 5.82 Å². The second-order valence-corrected chi connectivity index (χ2v) is 3.65. The summed E-state index contributed by atoms with van der Waals surface area (Å²) >= 11 is 5.82. The zero-order valence-corrected chi connectivity index (χ0v) is 9.15. The van der Waals surface area contributed by atoms with Crippen molar-refractivity contribution in [1.82, 2.24) is 14.8 Å². The number of benzene rings is 1. The standard InChI is InChI=1S/C10H10ClFN4/c11-10-7(2-1-3-8(10)12)5-16-6-14-9(4-13)15-16/h1-3,6H,4-5,13H2. The molecule has 2 aromatic rings. The minimum atomic E-state index is -0.432. The molecular formula is C10H10ClFN4. The Bertz CT molecular complexity index is 497. The maximum absolute atomic E-state index is 13.2. The molecule has 0 bridgehead atoms. The Morgan fingerprint density at radius 2 is 2.25 bits per heavy atom. The summed E-state index contributed by atoms with van der Waals surface area (Å²) in [5.74, 6) is 0.117. The highest BCUT2D eigenvalue weighted by atomic mass is 35.5. The monoisotopic (exact) mass is 240 g/mol. The van der Waals surface area contributed by atoms with Crippen molar-refractivity contribution in [2.75, 3.05) is 0 Å². The van der Waals surface area contributed by atoms with E-state index in [1.54, 1.807) is 23.1 Å². The van der Waals surface area contributed by atoms with Gasteiger partial charge in [0.05, 0.1) is 18.1 Å². The van der Waals surface area contributed by atoms with Gasteiger partial charge in [0.25, 0.3) is 0 Å². The number of aromatic nitrogens is 3. The first-order valence-corrected chi connectivity index (χ1v) is 5.10. The van der Waals surface area contributed by atoms with Gasteiger partial charge in [-0.3, -0.25) is 0 Å². The topological polar surface area (TPSA) is 56.7 Å².